The molecule has 0 bridgehead atoms. The van der Waals surface area contributed by atoms with Crippen molar-refractivity contribution >= 4 is 5.97 Å². The van der Waals surface area contributed by atoms with Gasteiger partial charge in [-0.05, 0) is 12.1 Å². The Morgan fingerprint density at radius 3 is 3.00 bits per heavy atom. The Bertz CT molecular complexity index is 516. The number of ether oxygens (including phenoxy) is 1. The second-order valence-corrected chi connectivity index (χ2v) is 3.17. The van der Waals surface area contributed by atoms with E-state index in [9.17, 15) is 4.79 Å². The van der Waals surface area contributed by atoms with Crippen LogP contribution in [-0.4, -0.2) is 32.6 Å². The quantitative estimate of drug-likeness (QED) is 0.844. The smallest absolute Gasteiger partial charge is 0.341 e. The zero-order valence-corrected chi connectivity index (χ0v) is 8.78. The van der Waals surface area contributed by atoms with Gasteiger partial charge in [-0.2, -0.15) is 0 Å². The van der Waals surface area contributed by atoms with E-state index in [1.165, 1.54) is 6.33 Å². The molecular formula is C11H9N3O3. The maximum absolute atomic E-state index is 10.3. The molecule has 0 unspecified atom stereocenters. The summed E-state index contributed by atoms with van der Waals surface area (Å²) in [5.74, 6) is -0.826. The summed E-state index contributed by atoms with van der Waals surface area (Å²) in [5, 5.41) is 8.48. The van der Waals surface area contributed by atoms with Crippen molar-refractivity contribution in [1.82, 2.24) is 15.0 Å². The highest BCUT2D eigenvalue weighted by molar-refractivity contribution is 5.68. The molecule has 2 rings (SSSR count). The van der Waals surface area contributed by atoms with Gasteiger partial charge in [0.1, 0.15) is 6.33 Å². The van der Waals surface area contributed by atoms with E-state index in [1.807, 2.05) is 6.07 Å². The standard InChI is InChI=1S/C11H9N3O3/c15-11(16)6-17-10-4-9(13-7-14-10)8-2-1-3-12-5-8/h1-5,7H,6H2,(H,15,16). The Hall–Kier alpha value is -2.50. The summed E-state index contributed by atoms with van der Waals surface area (Å²) in [7, 11) is 0. The highest BCUT2D eigenvalue weighted by Crippen LogP contribution is 2.18. The van der Waals surface area contributed by atoms with Crippen LogP contribution in [0.1, 0.15) is 0 Å². The highest BCUT2D eigenvalue weighted by atomic mass is 16.5. The number of pyridine rings is 1. The van der Waals surface area contributed by atoms with Crippen molar-refractivity contribution in [3.05, 3.63) is 36.9 Å². The van der Waals surface area contributed by atoms with Crippen LogP contribution in [0.15, 0.2) is 36.9 Å². The van der Waals surface area contributed by atoms with E-state index in [0.29, 0.717) is 5.69 Å². The van der Waals surface area contributed by atoms with Gasteiger partial charge in [0.25, 0.3) is 0 Å². The van der Waals surface area contributed by atoms with Crippen LogP contribution in [0.3, 0.4) is 0 Å². The predicted octanol–water partition coefficient (Wildman–Crippen LogP) is 1.00. The summed E-state index contributed by atoms with van der Waals surface area (Å²) >= 11 is 0. The summed E-state index contributed by atoms with van der Waals surface area (Å²) in [4.78, 5) is 22.2. The molecule has 0 saturated heterocycles. The zero-order valence-electron chi connectivity index (χ0n) is 8.78. The molecule has 0 fully saturated rings. The second-order valence-electron chi connectivity index (χ2n) is 3.17. The molecular weight excluding hydrogens is 222 g/mol. The van der Waals surface area contributed by atoms with E-state index >= 15 is 0 Å². The Labute approximate surface area is 96.9 Å². The van der Waals surface area contributed by atoms with Crippen LogP contribution in [0.5, 0.6) is 5.88 Å². The molecule has 0 aromatic carbocycles. The molecule has 6 heteroatoms. The summed E-state index contributed by atoms with van der Waals surface area (Å²) < 4.78 is 4.96. The van der Waals surface area contributed by atoms with Gasteiger partial charge in [0.15, 0.2) is 6.61 Å². The first kappa shape index (κ1) is 11.0. The molecule has 6 nitrogen and oxygen atoms in total. The van der Waals surface area contributed by atoms with E-state index in [1.54, 1.807) is 24.5 Å². The van der Waals surface area contributed by atoms with Crippen molar-refractivity contribution in [2.24, 2.45) is 0 Å². The van der Waals surface area contributed by atoms with E-state index in [2.05, 4.69) is 15.0 Å². The van der Waals surface area contributed by atoms with E-state index in [0.717, 1.165) is 5.56 Å². The van der Waals surface area contributed by atoms with Gasteiger partial charge in [-0.1, -0.05) is 0 Å². The number of aliphatic carboxylic acids is 1. The maximum atomic E-state index is 10.3. The first-order valence-corrected chi connectivity index (χ1v) is 4.83. The van der Waals surface area contributed by atoms with E-state index in [4.69, 9.17) is 9.84 Å². The lowest BCUT2D eigenvalue weighted by atomic mass is 10.2. The summed E-state index contributed by atoms with van der Waals surface area (Å²) in [6.45, 7) is -0.427. The molecule has 0 saturated carbocycles. The molecule has 17 heavy (non-hydrogen) atoms. The van der Waals surface area contributed by atoms with Crippen molar-refractivity contribution in [2.75, 3.05) is 6.61 Å². The predicted molar refractivity (Wildman–Crippen MR) is 58.4 cm³/mol. The van der Waals surface area contributed by atoms with Gasteiger partial charge in [0.05, 0.1) is 5.69 Å². The fraction of sp³-hybridized carbons (Fsp3) is 0.0909. The van der Waals surface area contributed by atoms with Gasteiger partial charge in [0, 0.05) is 24.0 Å². The molecule has 0 aliphatic carbocycles. The number of carbonyl (C=O) groups is 1. The van der Waals surface area contributed by atoms with Crippen LogP contribution in [0.2, 0.25) is 0 Å². The molecule has 0 amide bonds. The normalized spacial score (nSPS) is 9.88. The van der Waals surface area contributed by atoms with Gasteiger partial charge in [-0.3, -0.25) is 4.98 Å². The number of hydrogen-bond acceptors (Lipinski definition) is 5. The third-order valence-corrected chi connectivity index (χ3v) is 1.94. The molecule has 0 aliphatic heterocycles. The van der Waals surface area contributed by atoms with Gasteiger partial charge in [-0.25, -0.2) is 14.8 Å². The molecule has 2 aromatic heterocycles. The Kier molecular flexibility index (Phi) is 3.25. The minimum absolute atomic E-state index is 0.223. The summed E-state index contributed by atoms with van der Waals surface area (Å²) in [5.41, 5.74) is 1.45. The number of aromatic nitrogens is 3. The van der Waals surface area contributed by atoms with Crippen LogP contribution in [0, 0.1) is 0 Å². The van der Waals surface area contributed by atoms with E-state index in [-0.39, 0.29) is 5.88 Å². The molecule has 0 radical (unpaired) electrons. The Morgan fingerprint density at radius 2 is 2.29 bits per heavy atom. The fourth-order valence-electron chi connectivity index (χ4n) is 1.23. The molecule has 2 aromatic rings. The van der Waals surface area contributed by atoms with Gasteiger partial charge in [0.2, 0.25) is 5.88 Å². The van der Waals surface area contributed by atoms with Gasteiger partial charge in [-0.15, -0.1) is 0 Å². The van der Waals surface area contributed by atoms with Crippen LogP contribution in [0.25, 0.3) is 11.3 Å². The second kappa shape index (κ2) is 5.02. The minimum Gasteiger partial charge on any atom is -0.479 e. The zero-order chi connectivity index (χ0) is 12.1. The molecule has 0 aliphatic rings. The fourth-order valence-corrected chi connectivity index (χ4v) is 1.23. The van der Waals surface area contributed by atoms with Crippen LogP contribution in [-0.2, 0) is 4.79 Å². The van der Waals surface area contributed by atoms with Crippen molar-refractivity contribution in [3.8, 4) is 17.1 Å². The molecule has 0 spiro atoms. The topological polar surface area (TPSA) is 85.2 Å². The third-order valence-electron chi connectivity index (χ3n) is 1.94. The van der Waals surface area contributed by atoms with Crippen molar-refractivity contribution in [3.63, 3.8) is 0 Å². The lowest BCUT2D eigenvalue weighted by Gasteiger charge is -2.03. The first-order chi connectivity index (χ1) is 8.25. The number of carboxylic acid groups (broad SMARTS) is 1. The van der Waals surface area contributed by atoms with Crippen molar-refractivity contribution in [1.29, 1.82) is 0 Å². The number of hydrogen-bond donors (Lipinski definition) is 1. The van der Waals surface area contributed by atoms with E-state index < -0.39 is 12.6 Å². The van der Waals surface area contributed by atoms with Crippen LogP contribution >= 0.6 is 0 Å². The maximum Gasteiger partial charge on any atom is 0.341 e. The lowest BCUT2D eigenvalue weighted by molar-refractivity contribution is -0.139. The number of nitrogens with zero attached hydrogens (tertiary/aromatic N) is 3. The number of carboxylic acids is 1. The average molecular weight is 231 g/mol. The highest BCUT2D eigenvalue weighted by Gasteiger charge is 2.04. The Morgan fingerprint density at radius 1 is 1.41 bits per heavy atom. The average Bonchev–Trinajstić information content (AvgIpc) is 2.38. The Balaban J connectivity index is 2.20. The SMILES string of the molecule is O=C(O)COc1cc(-c2cccnc2)ncn1. The van der Waals surface area contributed by atoms with Gasteiger partial charge >= 0.3 is 5.97 Å². The minimum atomic E-state index is -1.05. The van der Waals surface area contributed by atoms with Crippen molar-refractivity contribution < 1.29 is 14.6 Å². The molecule has 2 heterocycles. The van der Waals surface area contributed by atoms with Crippen molar-refractivity contribution in [2.45, 2.75) is 0 Å². The third kappa shape index (κ3) is 2.97. The summed E-state index contributed by atoms with van der Waals surface area (Å²) in [6.07, 6.45) is 4.63. The summed E-state index contributed by atoms with van der Waals surface area (Å²) in [6, 6.07) is 5.20. The lowest BCUT2D eigenvalue weighted by Crippen LogP contribution is -2.10. The van der Waals surface area contributed by atoms with Gasteiger partial charge < -0.3 is 9.84 Å². The monoisotopic (exact) mass is 231 g/mol. The number of rotatable bonds is 4. The largest absolute Gasteiger partial charge is 0.479 e. The first-order valence-electron chi connectivity index (χ1n) is 4.83. The molecule has 0 atom stereocenters. The van der Waals surface area contributed by atoms with Crippen LogP contribution in [0.4, 0.5) is 0 Å². The molecule has 1 N–H and O–H groups in total. The van der Waals surface area contributed by atoms with Crippen LogP contribution < -0.4 is 4.74 Å². The molecule has 86 valence electrons.